The van der Waals surface area contributed by atoms with Crippen molar-refractivity contribution < 1.29 is 28.3 Å². The summed E-state index contributed by atoms with van der Waals surface area (Å²) in [5.74, 6) is -2.32. The number of rotatable bonds is 13. The lowest BCUT2D eigenvalue weighted by atomic mass is 9.88. The number of furan rings is 1. The molecule has 43 heavy (non-hydrogen) atoms. The van der Waals surface area contributed by atoms with E-state index in [2.05, 4.69) is 10.8 Å². The van der Waals surface area contributed by atoms with Gasteiger partial charge in [-0.3, -0.25) is 9.59 Å². The quantitative estimate of drug-likeness (QED) is 0.230. The molecule has 1 aromatic heterocycles. The SMILES string of the molecule is COC(=O)c1ccc(COC[C@H](C#N)N(C(=O)C(c2ccccc2)c2ccccc2)[C@@H](Cc2cccc(C)c2)C(N)=O)o1. The molecule has 2 amide bonds. The highest BCUT2D eigenvalue weighted by atomic mass is 16.5. The van der Waals surface area contributed by atoms with Crippen LogP contribution in [0.1, 0.15) is 44.5 Å². The van der Waals surface area contributed by atoms with Gasteiger partial charge in [-0.25, -0.2) is 4.79 Å². The Labute approximate surface area is 250 Å². The molecule has 4 rings (SSSR count). The fourth-order valence-corrected chi connectivity index (χ4v) is 4.96. The monoisotopic (exact) mass is 579 g/mol. The van der Waals surface area contributed by atoms with Crippen molar-refractivity contribution in [3.05, 3.63) is 131 Å². The normalized spacial score (nSPS) is 12.2. The third kappa shape index (κ3) is 7.76. The Hall–Kier alpha value is -5.20. The van der Waals surface area contributed by atoms with Gasteiger partial charge in [0, 0.05) is 6.42 Å². The highest BCUT2D eigenvalue weighted by molar-refractivity contribution is 5.92. The maximum atomic E-state index is 14.6. The van der Waals surface area contributed by atoms with Crippen molar-refractivity contribution in [2.24, 2.45) is 5.73 Å². The summed E-state index contributed by atoms with van der Waals surface area (Å²) in [7, 11) is 1.24. The molecule has 0 bridgehead atoms. The molecule has 9 nitrogen and oxygen atoms in total. The van der Waals surface area contributed by atoms with Crippen LogP contribution in [0.4, 0.5) is 0 Å². The first kappa shape index (κ1) is 30.8. The molecule has 3 aromatic carbocycles. The van der Waals surface area contributed by atoms with Crippen LogP contribution in [0.5, 0.6) is 0 Å². The zero-order valence-corrected chi connectivity index (χ0v) is 24.0. The molecule has 0 fully saturated rings. The number of nitrogens with two attached hydrogens (primary N) is 1. The number of esters is 1. The smallest absolute Gasteiger partial charge is 0.373 e. The van der Waals surface area contributed by atoms with Gasteiger partial charge in [0.25, 0.3) is 0 Å². The van der Waals surface area contributed by atoms with E-state index in [1.54, 1.807) is 6.07 Å². The molecule has 0 saturated heterocycles. The van der Waals surface area contributed by atoms with E-state index in [4.69, 9.17) is 14.9 Å². The lowest BCUT2D eigenvalue weighted by molar-refractivity contribution is -0.142. The topological polar surface area (TPSA) is 136 Å². The summed E-state index contributed by atoms with van der Waals surface area (Å²) in [5, 5.41) is 10.4. The van der Waals surface area contributed by atoms with Gasteiger partial charge in [-0.2, -0.15) is 5.26 Å². The number of methoxy groups -OCH3 is 1. The fourth-order valence-electron chi connectivity index (χ4n) is 4.96. The highest BCUT2D eigenvalue weighted by Crippen LogP contribution is 2.29. The second kappa shape index (κ2) is 14.6. The molecule has 0 aliphatic heterocycles. The molecule has 2 N–H and O–H groups in total. The molecule has 2 atom stereocenters. The van der Waals surface area contributed by atoms with Crippen LogP contribution in [-0.4, -0.2) is 48.5 Å². The summed E-state index contributed by atoms with van der Waals surface area (Å²) < 4.78 is 15.9. The molecule has 4 aromatic rings. The van der Waals surface area contributed by atoms with Crippen LogP contribution < -0.4 is 5.73 Å². The molecule has 1 heterocycles. The average Bonchev–Trinajstić information content (AvgIpc) is 3.49. The second-order valence-electron chi connectivity index (χ2n) is 10.0. The summed E-state index contributed by atoms with van der Waals surface area (Å²) in [6.45, 7) is 1.60. The molecule has 0 radical (unpaired) electrons. The molecule has 220 valence electrons. The van der Waals surface area contributed by atoms with Crippen LogP contribution >= 0.6 is 0 Å². The number of nitrogens with zero attached hydrogens (tertiary/aromatic N) is 2. The van der Waals surface area contributed by atoms with E-state index in [9.17, 15) is 19.6 Å². The van der Waals surface area contributed by atoms with E-state index < -0.39 is 35.8 Å². The number of primary amides is 1. The third-order valence-corrected chi connectivity index (χ3v) is 7.00. The van der Waals surface area contributed by atoms with Crippen molar-refractivity contribution in [3.8, 4) is 6.07 Å². The van der Waals surface area contributed by atoms with Gasteiger partial charge in [-0.05, 0) is 35.7 Å². The van der Waals surface area contributed by atoms with Gasteiger partial charge in [-0.15, -0.1) is 0 Å². The number of hydrogen-bond donors (Lipinski definition) is 1. The highest BCUT2D eigenvalue weighted by Gasteiger charge is 2.39. The number of benzene rings is 3. The minimum Gasteiger partial charge on any atom is -0.463 e. The zero-order valence-electron chi connectivity index (χ0n) is 24.0. The third-order valence-electron chi connectivity index (χ3n) is 7.00. The first-order valence-electron chi connectivity index (χ1n) is 13.7. The van der Waals surface area contributed by atoms with Gasteiger partial charge < -0.3 is 24.5 Å². The van der Waals surface area contributed by atoms with Crippen molar-refractivity contribution >= 4 is 17.8 Å². The first-order valence-corrected chi connectivity index (χ1v) is 13.7. The number of carbonyl (C=O) groups excluding carboxylic acids is 3. The number of carbonyl (C=O) groups is 3. The summed E-state index contributed by atoms with van der Waals surface area (Å²) in [6, 6.07) is 28.8. The molecule has 0 aliphatic rings. The van der Waals surface area contributed by atoms with Crippen LogP contribution in [0.3, 0.4) is 0 Å². The Morgan fingerprint density at radius 3 is 2.14 bits per heavy atom. The van der Waals surface area contributed by atoms with E-state index in [1.165, 1.54) is 18.1 Å². The fraction of sp³-hybridized carbons (Fsp3) is 0.235. The van der Waals surface area contributed by atoms with E-state index >= 15 is 0 Å². The standard InChI is InChI=1S/C34H33N3O6/c1-23-10-9-11-24(18-23)19-29(32(36)38)37(27(20-35)21-42-22-28-16-17-30(43-28)34(40)41-2)33(39)31(25-12-5-3-6-13-25)26-14-7-4-8-15-26/h3-18,27,29,31H,19,21-22H2,1-2H3,(H2,36,38)/t27-,29-/m0/s1. The number of aryl methyl sites for hydroxylation is 1. The van der Waals surface area contributed by atoms with E-state index in [0.717, 1.165) is 11.1 Å². The largest absolute Gasteiger partial charge is 0.463 e. The van der Waals surface area contributed by atoms with Crippen LogP contribution in [-0.2, 0) is 32.1 Å². The van der Waals surface area contributed by atoms with Gasteiger partial charge in [0.15, 0.2) is 0 Å². The maximum absolute atomic E-state index is 14.6. The van der Waals surface area contributed by atoms with Crippen molar-refractivity contribution in [1.82, 2.24) is 4.90 Å². The lowest BCUT2D eigenvalue weighted by Crippen LogP contribution is -2.56. The summed E-state index contributed by atoms with van der Waals surface area (Å²) in [5.41, 5.74) is 9.13. The predicted octanol–water partition coefficient (Wildman–Crippen LogP) is 4.54. The molecule has 0 spiro atoms. The number of ether oxygens (including phenoxy) is 2. The zero-order chi connectivity index (χ0) is 30.8. The Morgan fingerprint density at radius 1 is 0.930 bits per heavy atom. The van der Waals surface area contributed by atoms with Gasteiger partial charge in [-0.1, -0.05) is 90.5 Å². The summed E-state index contributed by atoms with van der Waals surface area (Å²) in [6.07, 6.45) is 0.109. The van der Waals surface area contributed by atoms with Gasteiger partial charge in [0.2, 0.25) is 17.6 Å². The number of amides is 2. The van der Waals surface area contributed by atoms with Crippen LogP contribution in [0, 0.1) is 18.3 Å². The van der Waals surface area contributed by atoms with Gasteiger partial charge >= 0.3 is 5.97 Å². The molecule has 9 heteroatoms. The average molecular weight is 580 g/mol. The van der Waals surface area contributed by atoms with E-state index in [-0.39, 0.29) is 25.4 Å². The predicted molar refractivity (Wildman–Crippen MR) is 159 cm³/mol. The minimum absolute atomic E-state index is 0.00949. The first-order chi connectivity index (χ1) is 20.8. The maximum Gasteiger partial charge on any atom is 0.373 e. The second-order valence-corrected chi connectivity index (χ2v) is 10.0. The van der Waals surface area contributed by atoms with Crippen molar-refractivity contribution in [2.45, 2.75) is 38.0 Å². The Morgan fingerprint density at radius 2 is 1.58 bits per heavy atom. The molecular weight excluding hydrogens is 546 g/mol. The number of hydrogen-bond acceptors (Lipinski definition) is 7. The van der Waals surface area contributed by atoms with Gasteiger partial charge in [0.05, 0.1) is 25.7 Å². The summed E-state index contributed by atoms with van der Waals surface area (Å²) in [4.78, 5) is 40.7. The molecule has 0 unspecified atom stereocenters. The van der Waals surface area contributed by atoms with Crippen molar-refractivity contribution in [3.63, 3.8) is 0 Å². The molecular formula is C34H33N3O6. The van der Waals surface area contributed by atoms with Crippen LogP contribution in [0.15, 0.2) is 101 Å². The Kier molecular flexibility index (Phi) is 10.5. The minimum atomic E-state index is -1.18. The Bertz CT molecular complexity index is 1540. The lowest BCUT2D eigenvalue weighted by Gasteiger charge is -2.36. The Balaban J connectivity index is 1.71. The van der Waals surface area contributed by atoms with E-state index in [0.29, 0.717) is 16.9 Å². The molecule has 0 aliphatic carbocycles. The van der Waals surface area contributed by atoms with Crippen LogP contribution in [0.2, 0.25) is 0 Å². The van der Waals surface area contributed by atoms with E-state index in [1.807, 2.05) is 91.9 Å². The number of nitriles is 1. The van der Waals surface area contributed by atoms with Crippen molar-refractivity contribution in [2.75, 3.05) is 13.7 Å². The summed E-state index contributed by atoms with van der Waals surface area (Å²) >= 11 is 0. The van der Waals surface area contributed by atoms with Crippen LogP contribution in [0.25, 0.3) is 0 Å². The van der Waals surface area contributed by atoms with Gasteiger partial charge in [0.1, 0.15) is 24.5 Å². The van der Waals surface area contributed by atoms with Crippen molar-refractivity contribution in [1.29, 1.82) is 5.26 Å². The molecule has 0 saturated carbocycles.